The zero-order valence-electron chi connectivity index (χ0n) is 8.48. The lowest BCUT2D eigenvalue weighted by Crippen LogP contribution is -2.23. The number of hydrogen-bond donors (Lipinski definition) is 1. The summed E-state index contributed by atoms with van der Waals surface area (Å²) in [6.45, 7) is 0. The smallest absolute Gasteiger partial charge is 0.133 e. The SMILES string of the molecule is O=C1CCC(Oc2ccc(O)cc2)CC1. The zero-order chi connectivity index (χ0) is 10.7. The minimum Gasteiger partial charge on any atom is -0.508 e. The van der Waals surface area contributed by atoms with Crippen molar-refractivity contribution in [2.24, 2.45) is 0 Å². The summed E-state index contributed by atoms with van der Waals surface area (Å²) >= 11 is 0. The van der Waals surface area contributed by atoms with Gasteiger partial charge in [0.2, 0.25) is 0 Å². The van der Waals surface area contributed by atoms with Crippen LogP contribution in [-0.4, -0.2) is 17.0 Å². The van der Waals surface area contributed by atoms with E-state index < -0.39 is 0 Å². The second kappa shape index (κ2) is 4.34. The van der Waals surface area contributed by atoms with Gasteiger partial charge in [0.25, 0.3) is 0 Å². The van der Waals surface area contributed by atoms with Gasteiger partial charge in [0.05, 0.1) is 6.10 Å². The van der Waals surface area contributed by atoms with E-state index in [0.29, 0.717) is 18.6 Å². The molecule has 1 aliphatic rings. The number of hydrogen-bond acceptors (Lipinski definition) is 3. The van der Waals surface area contributed by atoms with Crippen LogP contribution in [0.5, 0.6) is 11.5 Å². The molecule has 3 nitrogen and oxygen atoms in total. The Morgan fingerprint density at radius 1 is 1.13 bits per heavy atom. The predicted molar refractivity (Wildman–Crippen MR) is 56.0 cm³/mol. The first-order valence-electron chi connectivity index (χ1n) is 5.21. The van der Waals surface area contributed by atoms with Crippen molar-refractivity contribution in [1.82, 2.24) is 0 Å². The first-order chi connectivity index (χ1) is 7.24. The molecule has 1 aromatic carbocycles. The van der Waals surface area contributed by atoms with E-state index in [4.69, 9.17) is 9.84 Å². The maximum Gasteiger partial charge on any atom is 0.133 e. The Hall–Kier alpha value is -1.51. The average Bonchev–Trinajstić information content (AvgIpc) is 2.25. The fourth-order valence-electron chi connectivity index (χ4n) is 1.75. The highest BCUT2D eigenvalue weighted by molar-refractivity contribution is 5.79. The molecule has 2 rings (SSSR count). The Bertz CT molecular complexity index is 332. The predicted octanol–water partition coefficient (Wildman–Crippen LogP) is 2.28. The summed E-state index contributed by atoms with van der Waals surface area (Å²) in [5.74, 6) is 1.33. The second-order valence-electron chi connectivity index (χ2n) is 3.85. The molecule has 1 aromatic rings. The van der Waals surface area contributed by atoms with Crippen molar-refractivity contribution in [2.75, 3.05) is 0 Å². The summed E-state index contributed by atoms with van der Waals surface area (Å²) in [5, 5.41) is 9.10. The van der Waals surface area contributed by atoms with E-state index in [1.807, 2.05) is 0 Å². The molecule has 0 bridgehead atoms. The highest BCUT2D eigenvalue weighted by Gasteiger charge is 2.19. The highest BCUT2D eigenvalue weighted by atomic mass is 16.5. The van der Waals surface area contributed by atoms with Gasteiger partial charge in [-0.15, -0.1) is 0 Å². The zero-order valence-corrected chi connectivity index (χ0v) is 8.48. The third kappa shape index (κ3) is 2.72. The van der Waals surface area contributed by atoms with Crippen molar-refractivity contribution in [3.8, 4) is 11.5 Å². The van der Waals surface area contributed by atoms with E-state index >= 15 is 0 Å². The summed E-state index contributed by atoms with van der Waals surface area (Å²) in [4.78, 5) is 11.0. The number of carbonyl (C=O) groups excluding carboxylic acids is 1. The first-order valence-corrected chi connectivity index (χ1v) is 5.21. The van der Waals surface area contributed by atoms with Crippen LogP contribution in [0.4, 0.5) is 0 Å². The molecule has 1 aliphatic carbocycles. The summed E-state index contributed by atoms with van der Waals surface area (Å²) < 4.78 is 5.70. The van der Waals surface area contributed by atoms with Gasteiger partial charge in [-0.25, -0.2) is 0 Å². The second-order valence-corrected chi connectivity index (χ2v) is 3.85. The van der Waals surface area contributed by atoms with Gasteiger partial charge in [-0.3, -0.25) is 4.79 Å². The van der Waals surface area contributed by atoms with Crippen molar-refractivity contribution in [1.29, 1.82) is 0 Å². The molecule has 0 amide bonds. The third-order valence-corrected chi connectivity index (χ3v) is 2.63. The summed E-state index contributed by atoms with van der Waals surface area (Å²) in [7, 11) is 0. The molecule has 1 N–H and O–H groups in total. The van der Waals surface area contributed by atoms with E-state index in [2.05, 4.69) is 0 Å². The Labute approximate surface area is 88.7 Å². The lowest BCUT2D eigenvalue weighted by atomic mass is 9.96. The van der Waals surface area contributed by atoms with Crippen LogP contribution in [0, 0.1) is 0 Å². The van der Waals surface area contributed by atoms with Crippen molar-refractivity contribution < 1.29 is 14.6 Å². The number of aromatic hydroxyl groups is 1. The normalized spacial score (nSPS) is 17.7. The topological polar surface area (TPSA) is 46.5 Å². The van der Waals surface area contributed by atoms with Gasteiger partial charge in [-0.1, -0.05) is 0 Å². The summed E-state index contributed by atoms with van der Waals surface area (Å²) in [5.41, 5.74) is 0. The monoisotopic (exact) mass is 206 g/mol. The molecule has 0 unspecified atom stereocenters. The van der Waals surface area contributed by atoms with E-state index in [-0.39, 0.29) is 11.9 Å². The van der Waals surface area contributed by atoms with Gasteiger partial charge in [-0.05, 0) is 37.1 Å². The fourth-order valence-corrected chi connectivity index (χ4v) is 1.75. The minimum atomic E-state index is 0.146. The number of benzene rings is 1. The molecule has 15 heavy (non-hydrogen) atoms. The van der Waals surface area contributed by atoms with Crippen molar-refractivity contribution >= 4 is 5.78 Å². The van der Waals surface area contributed by atoms with E-state index in [0.717, 1.165) is 18.6 Å². The molecule has 0 radical (unpaired) electrons. The van der Waals surface area contributed by atoms with Gasteiger partial charge >= 0.3 is 0 Å². The third-order valence-electron chi connectivity index (χ3n) is 2.63. The number of Topliss-reactive ketones (excluding diaryl/α,β-unsaturated/α-hetero) is 1. The van der Waals surface area contributed by atoms with Crippen LogP contribution in [0.1, 0.15) is 25.7 Å². The molecule has 1 saturated carbocycles. The molecule has 0 saturated heterocycles. The summed E-state index contributed by atoms with van der Waals surface area (Å²) in [6.07, 6.45) is 3.01. The molecule has 80 valence electrons. The Balaban J connectivity index is 1.91. The van der Waals surface area contributed by atoms with Crippen LogP contribution in [0.3, 0.4) is 0 Å². The van der Waals surface area contributed by atoms with Crippen LogP contribution >= 0.6 is 0 Å². The van der Waals surface area contributed by atoms with E-state index in [9.17, 15) is 4.79 Å². The largest absolute Gasteiger partial charge is 0.508 e. The summed E-state index contributed by atoms with van der Waals surface area (Å²) in [6, 6.07) is 6.68. The molecular formula is C12H14O3. The Morgan fingerprint density at radius 2 is 1.73 bits per heavy atom. The van der Waals surface area contributed by atoms with Crippen LogP contribution in [0.25, 0.3) is 0 Å². The molecule has 0 heterocycles. The fraction of sp³-hybridized carbons (Fsp3) is 0.417. The number of phenols is 1. The van der Waals surface area contributed by atoms with E-state index in [1.54, 1.807) is 24.3 Å². The molecule has 0 atom stereocenters. The number of ketones is 1. The van der Waals surface area contributed by atoms with E-state index in [1.165, 1.54) is 0 Å². The minimum absolute atomic E-state index is 0.146. The van der Waals surface area contributed by atoms with Crippen LogP contribution in [-0.2, 0) is 4.79 Å². The van der Waals surface area contributed by atoms with Crippen LogP contribution < -0.4 is 4.74 Å². The van der Waals surface area contributed by atoms with Crippen LogP contribution in [0.2, 0.25) is 0 Å². The highest BCUT2D eigenvalue weighted by Crippen LogP contribution is 2.23. The number of rotatable bonds is 2. The van der Waals surface area contributed by atoms with Gasteiger partial charge in [0, 0.05) is 12.8 Å². The average molecular weight is 206 g/mol. The number of phenolic OH excluding ortho intramolecular Hbond substituents is 1. The maximum absolute atomic E-state index is 11.0. The van der Waals surface area contributed by atoms with Crippen molar-refractivity contribution in [2.45, 2.75) is 31.8 Å². The van der Waals surface area contributed by atoms with Crippen LogP contribution in [0.15, 0.2) is 24.3 Å². The van der Waals surface area contributed by atoms with Gasteiger partial charge in [0.15, 0.2) is 0 Å². The molecule has 0 spiro atoms. The van der Waals surface area contributed by atoms with Gasteiger partial charge in [0.1, 0.15) is 17.3 Å². The lowest BCUT2D eigenvalue weighted by molar-refractivity contribution is -0.121. The molecule has 3 heteroatoms. The Kier molecular flexibility index (Phi) is 2.90. The van der Waals surface area contributed by atoms with Gasteiger partial charge in [-0.2, -0.15) is 0 Å². The lowest BCUT2D eigenvalue weighted by Gasteiger charge is -2.22. The first kappa shape index (κ1) is 10.0. The maximum atomic E-state index is 11.0. The van der Waals surface area contributed by atoms with Crippen molar-refractivity contribution in [3.05, 3.63) is 24.3 Å². The Morgan fingerprint density at radius 3 is 2.33 bits per heavy atom. The standard InChI is InChI=1S/C12H14O3/c13-9-1-5-11(6-2-9)15-12-7-3-10(14)4-8-12/h1-2,5-6,12-13H,3-4,7-8H2. The molecule has 0 aliphatic heterocycles. The molecule has 1 fully saturated rings. The quantitative estimate of drug-likeness (QED) is 0.807. The van der Waals surface area contributed by atoms with Gasteiger partial charge < -0.3 is 9.84 Å². The number of carbonyl (C=O) groups is 1. The molecule has 0 aromatic heterocycles. The molecular weight excluding hydrogens is 192 g/mol. The number of ether oxygens (including phenoxy) is 1. The van der Waals surface area contributed by atoms with Crippen molar-refractivity contribution in [3.63, 3.8) is 0 Å².